The normalized spacial score (nSPS) is 18.1. The quantitative estimate of drug-likeness (QED) is 0.815. The van der Waals surface area contributed by atoms with E-state index in [2.05, 4.69) is 49.1 Å². The van der Waals surface area contributed by atoms with E-state index in [-0.39, 0.29) is 6.04 Å². The van der Waals surface area contributed by atoms with Crippen molar-refractivity contribution in [3.8, 4) is 0 Å². The van der Waals surface area contributed by atoms with Crippen LogP contribution in [0.2, 0.25) is 0 Å². The van der Waals surface area contributed by atoms with Crippen molar-refractivity contribution in [3.63, 3.8) is 0 Å². The Hall–Kier alpha value is -0.860. The minimum Gasteiger partial charge on any atom is -0.324 e. The molecule has 0 spiro atoms. The van der Waals surface area contributed by atoms with Gasteiger partial charge >= 0.3 is 0 Å². The van der Waals surface area contributed by atoms with E-state index in [1.807, 2.05) is 0 Å². The Kier molecular flexibility index (Phi) is 6.06. The van der Waals surface area contributed by atoms with Crippen LogP contribution in [0.15, 0.2) is 30.3 Å². The molecule has 2 heteroatoms. The van der Waals surface area contributed by atoms with Crippen molar-refractivity contribution < 1.29 is 0 Å². The molecule has 1 atom stereocenters. The van der Waals surface area contributed by atoms with Crippen LogP contribution >= 0.6 is 0 Å². The highest BCUT2D eigenvalue weighted by molar-refractivity contribution is 5.18. The number of rotatable bonds is 7. The SMILES string of the molecule is CC(C)CN(CCC(N)c1ccccc1)C1CCCC1. The van der Waals surface area contributed by atoms with E-state index in [0.717, 1.165) is 24.9 Å². The van der Waals surface area contributed by atoms with E-state index in [9.17, 15) is 0 Å². The van der Waals surface area contributed by atoms with Gasteiger partial charge in [0.1, 0.15) is 0 Å². The summed E-state index contributed by atoms with van der Waals surface area (Å²) in [5, 5.41) is 0. The van der Waals surface area contributed by atoms with Gasteiger partial charge in [0.2, 0.25) is 0 Å². The third-order valence-corrected chi connectivity index (χ3v) is 4.40. The maximum Gasteiger partial charge on any atom is 0.0307 e. The molecule has 2 N–H and O–H groups in total. The van der Waals surface area contributed by atoms with Crippen molar-refractivity contribution in [2.75, 3.05) is 13.1 Å². The van der Waals surface area contributed by atoms with Crippen LogP contribution in [0, 0.1) is 5.92 Å². The second-order valence-corrected chi connectivity index (χ2v) is 6.63. The zero-order valence-corrected chi connectivity index (χ0v) is 13.1. The lowest BCUT2D eigenvalue weighted by molar-refractivity contribution is 0.171. The number of benzene rings is 1. The molecule has 2 nitrogen and oxygen atoms in total. The highest BCUT2D eigenvalue weighted by Gasteiger charge is 2.23. The molecule has 2 rings (SSSR count). The second-order valence-electron chi connectivity index (χ2n) is 6.63. The highest BCUT2D eigenvalue weighted by Crippen LogP contribution is 2.25. The van der Waals surface area contributed by atoms with Gasteiger partial charge in [-0.25, -0.2) is 0 Å². The summed E-state index contributed by atoms with van der Waals surface area (Å²) in [4.78, 5) is 2.69. The molecular formula is C18H30N2. The molecule has 1 fully saturated rings. The summed E-state index contributed by atoms with van der Waals surface area (Å²) < 4.78 is 0. The predicted octanol–water partition coefficient (Wildman–Crippen LogP) is 3.98. The maximum absolute atomic E-state index is 6.35. The first kappa shape index (κ1) is 15.5. The Labute approximate surface area is 124 Å². The van der Waals surface area contributed by atoms with Crippen LogP contribution in [0.25, 0.3) is 0 Å². The summed E-state index contributed by atoms with van der Waals surface area (Å²) in [5.74, 6) is 0.739. The van der Waals surface area contributed by atoms with E-state index < -0.39 is 0 Å². The maximum atomic E-state index is 6.35. The van der Waals surface area contributed by atoms with E-state index in [1.165, 1.54) is 37.8 Å². The molecule has 0 aromatic heterocycles. The Balaban J connectivity index is 1.87. The van der Waals surface area contributed by atoms with Crippen LogP contribution in [-0.2, 0) is 0 Å². The molecule has 1 unspecified atom stereocenters. The molecule has 112 valence electrons. The smallest absolute Gasteiger partial charge is 0.0307 e. The van der Waals surface area contributed by atoms with Crippen LogP contribution in [-0.4, -0.2) is 24.0 Å². The summed E-state index contributed by atoms with van der Waals surface area (Å²) in [6, 6.07) is 11.5. The fourth-order valence-electron chi connectivity index (χ4n) is 3.33. The van der Waals surface area contributed by atoms with Gasteiger partial charge in [-0.3, -0.25) is 0 Å². The highest BCUT2D eigenvalue weighted by atomic mass is 15.2. The zero-order chi connectivity index (χ0) is 14.4. The van der Waals surface area contributed by atoms with Crippen LogP contribution in [0.4, 0.5) is 0 Å². The fraction of sp³-hybridized carbons (Fsp3) is 0.667. The van der Waals surface area contributed by atoms with Gasteiger partial charge in [-0.1, -0.05) is 57.0 Å². The zero-order valence-electron chi connectivity index (χ0n) is 13.1. The lowest BCUT2D eigenvalue weighted by Crippen LogP contribution is -2.38. The number of hydrogen-bond acceptors (Lipinski definition) is 2. The lowest BCUT2D eigenvalue weighted by Gasteiger charge is -2.31. The first-order chi connectivity index (χ1) is 9.66. The molecule has 20 heavy (non-hydrogen) atoms. The van der Waals surface area contributed by atoms with Gasteiger partial charge < -0.3 is 10.6 Å². The molecule has 0 heterocycles. The Morgan fingerprint density at radius 3 is 2.40 bits per heavy atom. The van der Waals surface area contributed by atoms with Crippen molar-refractivity contribution in [3.05, 3.63) is 35.9 Å². The number of nitrogens with zero attached hydrogens (tertiary/aromatic N) is 1. The third-order valence-electron chi connectivity index (χ3n) is 4.40. The van der Waals surface area contributed by atoms with Gasteiger partial charge in [-0.2, -0.15) is 0 Å². The first-order valence-electron chi connectivity index (χ1n) is 8.21. The summed E-state index contributed by atoms with van der Waals surface area (Å²) in [7, 11) is 0. The number of hydrogen-bond donors (Lipinski definition) is 1. The molecule has 0 saturated heterocycles. The van der Waals surface area contributed by atoms with Gasteiger partial charge in [-0.15, -0.1) is 0 Å². The second kappa shape index (κ2) is 7.80. The van der Waals surface area contributed by atoms with E-state index in [0.29, 0.717) is 0 Å². The standard InChI is InChI=1S/C18H30N2/c1-15(2)14-20(17-10-6-7-11-17)13-12-18(19)16-8-4-3-5-9-16/h3-5,8-9,15,17-18H,6-7,10-14,19H2,1-2H3. The van der Waals surface area contributed by atoms with Gasteiger partial charge in [-0.05, 0) is 30.7 Å². The van der Waals surface area contributed by atoms with Crippen molar-refractivity contribution in [2.24, 2.45) is 11.7 Å². The molecule has 1 aliphatic carbocycles. The molecule has 1 saturated carbocycles. The predicted molar refractivity (Wildman–Crippen MR) is 86.7 cm³/mol. The molecule has 1 aliphatic rings. The summed E-state index contributed by atoms with van der Waals surface area (Å²) >= 11 is 0. The van der Waals surface area contributed by atoms with E-state index >= 15 is 0 Å². The van der Waals surface area contributed by atoms with Crippen LogP contribution in [0.3, 0.4) is 0 Å². The summed E-state index contributed by atoms with van der Waals surface area (Å²) in [6.07, 6.45) is 6.64. The molecule has 0 radical (unpaired) electrons. The van der Waals surface area contributed by atoms with Crippen LogP contribution in [0.1, 0.15) is 57.6 Å². The average Bonchev–Trinajstić information content (AvgIpc) is 2.97. The minimum atomic E-state index is 0.173. The topological polar surface area (TPSA) is 29.3 Å². The number of nitrogens with two attached hydrogens (primary N) is 1. The third kappa shape index (κ3) is 4.60. The van der Waals surface area contributed by atoms with Gasteiger partial charge in [0, 0.05) is 25.2 Å². The Bertz CT molecular complexity index is 368. The first-order valence-corrected chi connectivity index (χ1v) is 8.21. The van der Waals surface area contributed by atoms with Crippen LogP contribution in [0.5, 0.6) is 0 Å². The molecule has 0 amide bonds. The van der Waals surface area contributed by atoms with E-state index in [1.54, 1.807) is 0 Å². The summed E-state index contributed by atoms with van der Waals surface area (Å²) in [6.45, 7) is 6.99. The minimum absolute atomic E-state index is 0.173. The lowest BCUT2D eigenvalue weighted by atomic mass is 10.0. The largest absolute Gasteiger partial charge is 0.324 e. The summed E-state index contributed by atoms with van der Waals surface area (Å²) in [5.41, 5.74) is 7.61. The van der Waals surface area contributed by atoms with Crippen molar-refractivity contribution in [2.45, 2.75) is 58.0 Å². The van der Waals surface area contributed by atoms with Crippen molar-refractivity contribution in [1.82, 2.24) is 4.90 Å². The van der Waals surface area contributed by atoms with Gasteiger partial charge in [0.05, 0.1) is 0 Å². The fourth-order valence-corrected chi connectivity index (χ4v) is 3.33. The van der Waals surface area contributed by atoms with Gasteiger partial charge in [0.25, 0.3) is 0 Å². The van der Waals surface area contributed by atoms with Crippen molar-refractivity contribution >= 4 is 0 Å². The monoisotopic (exact) mass is 274 g/mol. The molecule has 0 bridgehead atoms. The average molecular weight is 274 g/mol. The molecule has 1 aromatic rings. The Morgan fingerprint density at radius 2 is 1.80 bits per heavy atom. The molecule has 1 aromatic carbocycles. The Morgan fingerprint density at radius 1 is 1.15 bits per heavy atom. The van der Waals surface area contributed by atoms with Crippen LogP contribution < -0.4 is 5.73 Å². The van der Waals surface area contributed by atoms with E-state index in [4.69, 9.17) is 5.73 Å². The van der Waals surface area contributed by atoms with Gasteiger partial charge in [0.15, 0.2) is 0 Å². The molecular weight excluding hydrogens is 244 g/mol. The molecule has 0 aliphatic heterocycles. The van der Waals surface area contributed by atoms with Crippen molar-refractivity contribution in [1.29, 1.82) is 0 Å².